The largest absolute Gasteiger partial charge is 0.406 e. The van der Waals surface area contributed by atoms with E-state index >= 15 is 0 Å². The van der Waals surface area contributed by atoms with E-state index in [1.54, 1.807) is 19.1 Å². The van der Waals surface area contributed by atoms with Gasteiger partial charge in [0, 0.05) is 19.5 Å². The SMILES string of the molecule is C#CC/C=C(\C)C(=O)CN(C=O)C(=O)/C(C)=C(\NC)OC(=O)/C=C/CC.C/C=C\CC#N. The van der Waals surface area contributed by atoms with Crippen LogP contribution >= 0.6 is 0 Å². The van der Waals surface area contributed by atoms with Gasteiger partial charge in [0.15, 0.2) is 5.78 Å². The fraction of sp³-hybridized carbons (Fsp3) is 0.375. The van der Waals surface area contributed by atoms with Gasteiger partial charge in [-0.15, -0.1) is 12.3 Å². The first-order valence-corrected chi connectivity index (χ1v) is 9.88. The predicted molar refractivity (Wildman–Crippen MR) is 122 cm³/mol. The number of rotatable bonds is 11. The summed E-state index contributed by atoms with van der Waals surface area (Å²) >= 11 is 0. The lowest BCUT2D eigenvalue weighted by Crippen LogP contribution is -2.36. The number of nitrogens with one attached hydrogen (secondary N) is 1. The maximum absolute atomic E-state index is 12.4. The van der Waals surface area contributed by atoms with Gasteiger partial charge < -0.3 is 10.1 Å². The molecule has 172 valence electrons. The highest BCUT2D eigenvalue weighted by Gasteiger charge is 2.22. The number of esters is 1. The van der Waals surface area contributed by atoms with Gasteiger partial charge >= 0.3 is 5.97 Å². The van der Waals surface area contributed by atoms with E-state index in [1.807, 2.05) is 32.1 Å². The van der Waals surface area contributed by atoms with Crippen LogP contribution in [0.25, 0.3) is 0 Å². The van der Waals surface area contributed by atoms with Gasteiger partial charge in [0.25, 0.3) is 5.91 Å². The number of carbonyl (C=O) groups is 4. The minimum absolute atomic E-state index is 0.0177. The van der Waals surface area contributed by atoms with Crippen molar-refractivity contribution in [2.75, 3.05) is 13.6 Å². The standard InChI is InChI=1S/C19H24N2O5.C5H7N/c1-6-8-10-14(3)16(23)12-21(13-22)19(25)15(4)18(20-5)26-17(24)11-9-7-2;1-2-3-4-5-6/h1,9-11,13,20H,7-8,12H2,2-5H3;2-3H,4H2,1H3/b11-9+,14-10+,18-15+;3-2-. The Kier molecular flexibility index (Phi) is 18.1. The number of imide groups is 1. The molecule has 0 saturated heterocycles. The number of amides is 2. The van der Waals surface area contributed by atoms with E-state index in [9.17, 15) is 19.2 Å². The van der Waals surface area contributed by atoms with E-state index in [0.29, 0.717) is 23.3 Å². The van der Waals surface area contributed by atoms with E-state index in [-0.39, 0.29) is 24.3 Å². The zero-order valence-electron chi connectivity index (χ0n) is 19.3. The van der Waals surface area contributed by atoms with Crippen molar-refractivity contribution >= 4 is 24.1 Å². The Balaban J connectivity index is 0. The lowest BCUT2D eigenvalue weighted by atomic mass is 10.1. The first-order valence-electron chi connectivity index (χ1n) is 9.88. The van der Waals surface area contributed by atoms with Crippen LogP contribution in [0.1, 0.15) is 47.0 Å². The molecule has 0 aromatic heterocycles. The zero-order chi connectivity index (χ0) is 24.9. The van der Waals surface area contributed by atoms with Gasteiger partial charge in [-0.25, -0.2) is 4.79 Å². The maximum Gasteiger partial charge on any atom is 0.337 e. The number of allylic oxidation sites excluding steroid dienone is 4. The Morgan fingerprint density at radius 1 is 1.19 bits per heavy atom. The second kappa shape index (κ2) is 19.1. The van der Waals surface area contributed by atoms with Gasteiger partial charge in [-0.3, -0.25) is 19.3 Å². The molecule has 0 aliphatic carbocycles. The monoisotopic (exact) mass is 441 g/mol. The molecule has 0 heterocycles. The van der Waals surface area contributed by atoms with E-state index < -0.39 is 24.2 Å². The summed E-state index contributed by atoms with van der Waals surface area (Å²) in [4.78, 5) is 48.1. The highest BCUT2D eigenvalue weighted by atomic mass is 16.5. The van der Waals surface area contributed by atoms with E-state index in [4.69, 9.17) is 16.4 Å². The van der Waals surface area contributed by atoms with Gasteiger partial charge in [-0.1, -0.05) is 31.2 Å². The van der Waals surface area contributed by atoms with Crippen molar-refractivity contribution in [2.45, 2.75) is 47.0 Å². The summed E-state index contributed by atoms with van der Waals surface area (Å²) in [5.41, 5.74) is 0.338. The summed E-state index contributed by atoms with van der Waals surface area (Å²) in [7, 11) is 1.46. The number of nitrogens with zero attached hydrogens (tertiary/aromatic N) is 2. The molecular formula is C24H31N3O5. The molecule has 32 heavy (non-hydrogen) atoms. The Hall–Kier alpha value is -3.91. The number of hydrogen-bond donors (Lipinski definition) is 1. The summed E-state index contributed by atoms with van der Waals surface area (Å²) in [6.07, 6.45) is 14.9. The molecule has 2 amide bonds. The Labute approximate surface area is 190 Å². The average Bonchev–Trinajstić information content (AvgIpc) is 2.80. The number of nitriles is 1. The molecule has 0 bridgehead atoms. The number of ketones is 1. The molecule has 1 N–H and O–H groups in total. The highest BCUT2D eigenvalue weighted by molar-refractivity contribution is 6.05. The van der Waals surface area contributed by atoms with Gasteiger partial charge in [0.2, 0.25) is 12.3 Å². The van der Waals surface area contributed by atoms with Crippen LogP contribution in [0, 0.1) is 23.7 Å². The molecule has 0 atom stereocenters. The third-order valence-corrected chi connectivity index (χ3v) is 3.69. The zero-order valence-corrected chi connectivity index (χ0v) is 19.3. The molecule has 8 nitrogen and oxygen atoms in total. The molecule has 0 aliphatic rings. The molecule has 0 fully saturated rings. The molecule has 0 rings (SSSR count). The highest BCUT2D eigenvalue weighted by Crippen LogP contribution is 2.09. The van der Waals surface area contributed by atoms with Crippen LogP contribution in [0.15, 0.2) is 47.4 Å². The summed E-state index contributed by atoms with van der Waals surface area (Å²) in [5.74, 6) is 0.440. The molecule has 0 radical (unpaired) electrons. The molecular weight excluding hydrogens is 410 g/mol. The smallest absolute Gasteiger partial charge is 0.337 e. The molecule has 0 aromatic rings. The first-order chi connectivity index (χ1) is 15.2. The predicted octanol–water partition coefficient (Wildman–Crippen LogP) is 2.95. The minimum Gasteiger partial charge on any atom is -0.406 e. The van der Waals surface area contributed by atoms with Crippen molar-refractivity contribution in [3.05, 3.63) is 47.4 Å². The van der Waals surface area contributed by atoms with Crippen molar-refractivity contribution in [2.24, 2.45) is 0 Å². The molecule has 0 aromatic carbocycles. The molecule has 0 saturated carbocycles. The van der Waals surface area contributed by atoms with Crippen molar-refractivity contribution < 1.29 is 23.9 Å². The van der Waals surface area contributed by atoms with Crippen LogP contribution in [-0.2, 0) is 23.9 Å². The Morgan fingerprint density at radius 3 is 2.28 bits per heavy atom. The Morgan fingerprint density at radius 2 is 1.84 bits per heavy atom. The first kappa shape index (κ1) is 30.3. The summed E-state index contributed by atoms with van der Waals surface area (Å²) in [6, 6.07) is 1.98. The van der Waals surface area contributed by atoms with Crippen molar-refractivity contribution in [1.82, 2.24) is 10.2 Å². The second-order valence-corrected chi connectivity index (χ2v) is 6.12. The lowest BCUT2D eigenvalue weighted by Gasteiger charge is -2.17. The average molecular weight is 442 g/mol. The van der Waals surface area contributed by atoms with Crippen LogP contribution < -0.4 is 5.32 Å². The summed E-state index contributed by atoms with van der Waals surface area (Å²) < 4.78 is 5.05. The lowest BCUT2D eigenvalue weighted by molar-refractivity contribution is -0.138. The van der Waals surface area contributed by atoms with E-state index in [0.717, 1.165) is 0 Å². The van der Waals surface area contributed by atoms with Gasteiger partial charge in [-0.2, -0.15) is 5.26 Å². The van der Waals surface area contributed by atoms with Gasteiger partial charge in [-0.05, 0) is 32.8 Å². The van der Waals surface area contributed by atoms with Crippen molar-refractivity contribution in [1.29, 1.82) is 5.26 Å². The fourth-order valence-electron chi connectivity index (χ4n) is 1.91. The molecule has 0 aliphatic heterocycles. The van der Waals surface area contributed by atoms with Gasteiger partial charge in [0.1, 0.15) is 0 Å². The number of ether oxygens (including phenoxy) is 1. The van der Waals surface area contributed by atoms with Crippen LogP contribution in [0.3, 0.4) is 0 Å². The quantitative estimate of drug-likeness (QED) is 0.131. The summed E-state index contributed by atoms with van der Waals surface area (Å²) in [5, 5.41) is 10.5. The summed E-state index contributed by atoms with van der Waals surface area (Å²) in [6.45, 7) is 6.25. The third kappa shape index (κ3) is 13.3. The third-order valence-electron chi connectivity index (χ3n) is 3.69. The second-order valence-electron chi connectivity index (χ2n) is 6.12. The number of hydrogen-bond acceptors (Lipinski definition) is 7. The minimum atomic E-state index is -0.755. The molecule has 0 spiro atoms. The van der Waals surface area contributed by atoms with Crippen molar-refractivity contribution in [3.8, 4) is 18.4 Å². The number of terminal acetylenes is 1. The topological polar surface area (TPSA) is 117 Å². The van der Waals surface area contributed by atoms with Crippen molar-refractivity contribution in [3.63, 3.8) is 0 Å². The Bertz CT molecular complexity index is 852. The molecule has 8 heteroatoms. The van der Waals surface area contributed by atoms with Crippen LogP contribution in [0.2, 0.25) is 0 Å². The van der Waals surface area contributed by atoms with Crippen LogP contribution in [0.4, 0.5) is 0 Å². The molecule has 0 unspecified atom stereocenters. The maximum atomic E-state index is 12.4. The van der Waals surface area contributed by atoms with E-state index in [2.05, 4.69) is 11.2 Å². The fourth-order valence-corrected chi connectivity index (χ4v) is 1.91. The number of Topliss-reactive ketones (excluding diaryl/α,β-unsaturated/α-hetero) is 1. The van der Waals surface area contributed by atoms with Crippen LogP contribution in [-0.4, -0.2) is 42.6 Å². The normalized spacial score (nSPS) is 11.4. The van der Waals surface area contributed by atoms with E-state index in [1.165, 1.54) is 20.0 Å². The van der Waals surface area contributed by atoms with Gasteiger partial charge in [0.05, 0.1) is 24.6 Å². The number of carbonyl (C=O) groups excluding carboxylic acids is 4. The van der Waals surface area contributed by atoms with Crippen LogP contribution in [0.5, 0.6) is 0 Å².